The third-order valence-electron chi connectivity index (χ3n) is 3.17. The van der Waals surface area contributed by atoms with Gasteiger partial charge in [-0.05, 0) is 25.0 Å². The lowest BCUT2D eigenvalue weighted by Gasteiger charge is -2.21. The zero-order valence-electron chi connectivity index (χ0n) is 10.8. The van der Waals surface area contributed by atoms with E-state index in [9.17, 15) is 4.79 Å². The fraction of sp³-hybridized carbons (Fsp3) is 0.500. The molecule has 1 atom stereocenters. The van der Waals surface area contributed by atoms with Crippen LogP contribution in [0.1, 0.15) is 23.2 Å². The van der Waals surface area contributed by atoms with Gasteiger partial charge in [0, 0.05) is 24.2 Å². The molecule has 4 heteroatoms. The lowest BCUT2D eigenvalue weighted by atomic mass is 9.92. The number of hydrogen-bond acceptors (Lipinski definition) is 4. The van der Waals surface area contributed by atoms with Crippen LogP contribution in [0.15, 0.2) is 18.2 Å². The lowest BCUT2D eigenvalue weighted by Crippen LogP contribution is -2.25. The average molecular weight is 250 g/mol. The Hall–Kier alpha value is -1.55. The van der Waals surface area contributed by atoms with Gasteiger partial charge in [-0.15, -0.1) is 0 Å². The minimum atomic E-state index is -0.0458. The van der Waals surface area contributed by atoms with Crippen molar-refractivity contribution < 1.29 is 19.0 Å². The number of benzene rings is 1. The Bertz CT molecular complexity index is 400. The molecule has 0 aliphatic carbocycles. The van der Waals surface area contributed by atoms with Gasteiger partial charge in [-0.25, -0.2) is 0 Å². The van der Waals surface area contributed by atoms with Gasteiger partial charge in [0.2, 0.25) is 0 Å². The molecule has 1 aromatic carbocycles. The molecule has 1 saturated heterocycles. The molecule has 1 aromatic rings. The van der Waals surface area contributed by atoms with E-state index in [1.54, 1.807) is 32.4 Å². The molecule has 0 spiro atoms. The summed E-state index contributed by atoms with van der Waals surface area (Å²) in [6.45, 7) is 1.27. The molecule has 0 amide bonds. The summed E-state index contributed by atoms with van der Waals surface area (Å²) in [6.07, 6.45) is 1.83. The van der Waals surface area contributed by atoms with Gasteiger partial charge in [0.05, 0.1) is 20.8 Å². The van der Waals surface area contributed by atoms with Crippen molar-refractivity contribution in [1.82, 2.24) is 0 Å². The highest BCUT2D eigenvalue weighted by molar-refractivity contribution is 5.98. The summed E-state index contributed by atoms with van der Waals surface area (Å²) in [4.78, 5) is 12.3. The molecule has 1 unspecified atom stereocenters. The molecular weight excluding hydrogens is 232 g/mol. The van der Waals surface area contributed by atoms with Crippen LogP contribution in [-0.2, 0) is 4.74 Å². The second kappa shape index (κ2) is 5.87. The number of carbonyl (C=O) groups excluding carboxylic acids is 1. The van der Waals surface area contributed by atoms with Gasteiger partial charge in [0.25, 0.3) is 0 Å². The van der Waals surface area contributed by atoms with Crippen LogP contribution in [0.4, 0.5) is 0 Å². The van der Waals surface area contributed by atoms with Crippen molar-refractivity contribution in [3.8, 4) is 11.5 Å². The number of carbonyl (C=O) groups is 1. The van der Waals surface area contributed by atoms with Gasteiger partial charge >= 0.3 is 0 Å². The minimum absolute atomic E-state index is 0.0458. The average Bonchev–Trinajstić information content (AvgIpc) is 2.46. The van der Waals surface area contributed by atoms with Crippen LogP contribution in [0, 0.1) is 5.92 Å². The summed E-state index contributed by atoms with van der Waals surface area (Å²) in [7, 11) is 3.15. The molecule has 1 aliphatic heterocycles. The largest absolute Gasteiger partial charge is 0.497 e. The molecule has 0 saturated carbocycles. The van der Waals surface area contributed by atoms with E-state index in [0.29, 0.717) is 23.7 Å². The first-order valence-electron chi connectivity index (χ1n) is 6.09. The van der Waals surface area contributed by atoms with Gasteiger partial charge in [0.15, 0.2) is 5.78 Å². The Morgan fingerprint density at radius 1 is 1.22 bits per heavy atom. The normalized spacial score (nSPS) is 19.3. The van der Waals surface area contributed by atoms with Crippen molar-refractivity contribution in [2.24, 2.45) is 5.92 Å². The Morgan fingerprint density at radius 2 is 1.89 bits per heavy atom. The molecule has 1 aliphatic rings. The fourth-order valence-electron chi connectivity index (χ4n) is 2.13. The Balaban J connectivity index is 2.22. The maximum absolute atomic E-state index is 12.3. The number of rotatable bonds is 4. The van der Waals surface area contributed by atoms with E-state index < -0.39 is 0 Å². The van der Waals surface area contributed by atoms with Crippen LogP contribution in [-0.4, -0.2) is 33.2 Å². The van der Waals surface area contributed by atoms with Crippen LogP contribution >= 0.6 is 0 Å². The molecular formula is C14H18O4. The topological polar surface area (TPSA) is 44.8 Å². The zero-order valence-corrected chi connectivity index (χ0v) is 10.8. The van der Waals surface area contributed by atoms with Crippen LogP contribution in [0.25, 0.3) is 0 Å². The van der Waals surface area contributed by atoms with Crippen LogP contribution in [0.5, 0.6) is 11.5 Å². The number of ketones is 1. The number of ether oxygens (including phenoxy) is 3. The van der Waals surface area contributed by atoms with Crippen molar-refractivity contribution in [1.29, 1.82) is 0 Å². The van der Waals surface area contributed by atoms with Crippen molar-refractivity contribution in [3.63, 3.8) is 0 Å². The molecule has 0 N–H and O–H groups in total. The predicted octanol–water partition coefficient (Wildman–Crippen LogP) is 2.31. The summed E-state index contributed by atoms with van der Waals surface area (Å²) in [5.74, 6) is 1.33. The van der Waals surface area contributed by atoms with Crippen molar-refractivity contribution in [2.75, 3.05) is 27.4 Å². The zero-order chi connectivity index (χ0) is 13.0. The molecule has 0 radical (unpaired) electrons. The van der Waals surface area contributed by atoms with Crippen LogP contribution in [0.3, 0.4) is 0 Å². The van der Waals surface area contributed by atoms with Gasteiger partial charge in [0.1, 0.15) is 11.5 Å². The lowest BCUT2D eigenvalue weighted by molar-refractivity contribution is 0.0461. The smallest absolute Gasteiger partial charge is 0.168 e. The standard InChI is InChI=1S/C14H18O4/c1-16-12-6-11(7-13(8-12)17-2)14(15)10-4-3-5-18-9-10/h6-8,10H,3-5,9H2,1-2H3. The molecule has 2 rings (SSSR count). The first-order valence-corrected chi connectivity index (χ1v) is 6.09. The third-order valence-corrected chi connectivity index (χ3v) is 3.17. The highest BCUT2D eigenvalue weighted by Gasteiger charge is 2.23. The van der Waals surface area contributed by atoms with Crippen LogP contribution < -0.4 is 9.47 Å². The van der Waals surface area contributed by atoms with E-state index in [-0.39, 0.29) is 11.7 Å². The third kappa shape index (κ3) is 2.82. The SMILES string of the molecule is COc1cc(OC)cc(C(=O)C2CCCOC2)c1. The first-order chi connectivity index (χ1) is 8.74. The summed E-state index contributed by atoms with van der Waals surface area (Å²) in [5.41, 5.74) is 0.627. The molecule has 98 valence electrons. The van der Waals surface area contributed by atoms with Crippen molar-refractivity contribution in [2.45, 2.75) is 12.8 Å². The van der Waals surface area contributed by atoms with Gasteiger partial charge < -0.3 is 14.2 Å². The maximum Gasteiger partial charge on any atom is 0.168 e. The molecule has 1 fully saturated rings. The molecule has 0 bridgehead atoms. The van der Waals surface area contributed by atoms with E-state index in [4.69, 9.17) is 14.2 Å². The quantitative estimate of drug-likeness (QED) is 0.769. The number of hydrogen-bond donors (Lipinski definition) is 0. The monoisotopic (exact) mass is 250 g/mol. The predicted molar refractivity (Wildman–Crippen MR) is 67.4 cm³/mol. The van der Waals surface area contributed by atoms with Gasteiger partial charge in [-0.1, -0.05) is 0 Å². The fourth-order valence-corrected chi connectivity index (χ4v) is 2.13. The summed E-state index contributed by atoms with van der Waals surface area (Å²) in [6, 6.07) is 5.26. The molecule has 0 aromatic heterocycles. The molecule has 4 nitrogen and oxygen atoms in total. The van der Waals surface area contributed by atoms with E-state index in [1.807, 2.05) is 0 Å². The highest BCUT2D eigenvalue weighted by Crippen LogP contribution is 2.26. The minimum Gasteiger partial charge on any atom is -0.497 e. The van der Waals surface area contributed by atoms with E-state index in [1.165, 1.54) is 0 Å². The second-order valence-corrected chi connectivity index (χ2v) is 4.38. The molecule has 18 heavy (non-hydrogen) atoms. The van der Waals surface area contributed by atoms with Gasteiger partial charge in [-0.2, -0.15) is 0 Å². The second-order valence-electron chi connectivity index (χ2n) is 4.38. The first kappa shape index (κ1) is 12.9. The Kier molecular flexibility index (Phi) is 4.20. The molecule has 1 heterocycles. The van der Waals surface area contributed by atoms with E-state index in [0.717, 1.165) is 19.4 Å². The Morgan fingerprint density at radius 3 is 2.39 bits per heavy atom. The number of Topliss-reactive ketones (excluding diaryl/α,β-unsaturated/α-hetero) is 1. The number of methoxy groups -OCH3 is 2. The summed E-state index contributed by atoms with van der Waals surface area (Å²) < 4.78 is 15.7. The van der Waals surface area contributed by atoms with Crippen molar-refractivity contribution >= 4 is 5.78 Å². The van der Waals surface area contributed by atoms with Gasteiger partial charge in [-0.3, -0.25) is 4.79 Å². The maximum atomic E-state index is 12.3. The summed E-state index contributed by atoms with van der Waals surface area (Å²) in [5, 5.41) is 0. The summed E-state index contributed by atoms with van der Waals surface area (Å²) >= 11 is 0. The van der Waals surface area contributed by atoms with E-state index in [2.05, 4.69) is 0 Å². The van der Waals surface area contributed by atoms with Crippen LogP contribution in [0.2, 0.25) is 0 Å². The Labute approximate surface area is 107 Å². The highest BCUT2D eigenvalue weighted by atomic mass is 16.5. The van der Waals surface area contributed by atoms with Crippen molar-refractivity contribution in [3.05, 3.63) is 23.8 Å². The van der Waals surface area contributed by atoms with E-state index >= 15 is 0 Å².